The molecule has 0 saturated heterocycles. The molecule has 1 N–H and O–H groups in total. The number of carbonyl (C=O) groups excluding carboxylic acids is 1. The van der Waals surface area contributed by atoms with E-state index >= 15 is 0 Å². The minimum Gasteiger partial charge on any atom is -0.352 e. The summed E-state index contributed by atoms with van der Waals surface area (Å²) in [5.74, 6) is 0.628. The van der Waals surface area contributed by atoms with Crippen molar-refractivity contribution in [1.82, 2.24) is 5.32 Å². The quantitative estimate of drug-likeness (QED) is 0.875. The summed E-state index contributed by atoms with van der Waals surface area (Å²) < 4.78 is 0. The summed E-state index contributed by atoms with van der Waals surface area (Å²) in [4.78, 5) is 12.6. The number of allylic oxidation sites excluding steroid dienone is 3. The van der Waals surface area contributed by atoms with Crippen LogP contribution in [0, 0.1) is 11.3 Å². The molecule has 0 radical (unpaired) electrons. The number of nitrogens with zero attached hydrogens (tertiary/aromatic N) is 1. The van der Waals surface area contributed by atoms with Gasteiger partial charge in [-0.15, -0.1) is 11.8 Å². The maximum Gasteiger partial charge on any atom is 0.161 e. The lowest BCUT2D eigenvalue weighted by molar-refractivity contribution is -0.116. The van der Waals surface area contributed by atoms with Gasteiger partial charge in [-0.3, -0.25) is 4.79 Å². The smallest absolute Gasteiger partial charge is 0.161 e. The van der Waals surface area contributed by atoms with Crippen LogP contribution in [0.2, 0.25) is 5.02 Å². The number of rotatable bonds is 3. The topological polar surface area (TPSA) is 52.9 Å². The van der Waals surface area contributed by atoms with Gasteiger partial charge >= 0.3 is 0 Å². The van der Waals surface area contributed by atoms with E-state index in [1.165, 1.54) is 0 Å². The summed E-state index contributed by atoms with van der Waals surface area (Å²) in [6.07, 6.45) is 2.23. The molecule has 0 fully saturated rings. The molecule has 1 atom stereocenters. The molecule has 1 aromatic rings. The molecule has 118 valence electrons. The average molecular weight is 345 g/mol. The van der Waals surface area contributed by atoms with Crippen molar-refractivity contribution in [3.63, 3.8) is 0 Å². The number of hydrogen-bond donors (Lipinski definition) is 1. The Kier molecular flexibility index (Phi) is 4.79. The first kappa shape index (κ1) is 16.2. The monoisotopic (exact) mass is 344 g/mol. The van der Waals surface area contributed by atoms with Gasteiger partial charge in [0.05, 0.1) is 22.6 Å². The van der Waals surface area contributed by atoms with Gasteiger partial charge in [0, 0.05) is 22.7 Å². The fourth-order valence-corrected chi connectivity index (χ4v) is 4.25. The maximum absolute atomic E-state index is 12.6. The second-order valence-corrected chi connectivity index (χ2v) is 7.22. The molecule has 1 heterocycles. The third-order valence-electron chi connectivity index (χ3n) is 4.17. The summed E-state index contributed by atoms with van der Waals surface area (Å²) in [7, 11) is 0. The molecule has 5 heteroatoms. The van der Waals surface area contributed by atoms with Crippen LogP contribution < -0.4 is 5.32 Å². The van der Waals surface area contributed by atoms with Crippen LogP contribution in [0.25, 0.3) is 0 Å². The minimum atomic E-state index is -0.355. The van der Waals surface area contributed by atoms with Crippen LogP contribution in [0.15, 0.2) is 46.1 Å². The van der Waals surface area contributed by atoms with Crippen LogP contribution in [-0.2, 0) is 4.79 Å². The lowest BCUT2D eigenvalue weighted by atomic mass is 9.77. The van der Waals surface area contributed by atoms with E-state index < -0.39 is 0 Å². The van der Waals surface area contributed by atoms with Gasteiger partial charge in [0.25, 0.3) is 0 Å². The molecule has 0 aromatic heterocycles. The van der Waals surface area contributed by atoms with Crippen molar-refractivity contribution in [2.24, 2.45) is 0 Å². The Bertz CT molecular complexity index is 761. The molecule has 1 aliphatic heterocycles. The molecule has 3 rings (SSSR count). The molecular weight excluding hydrogens is 328 g/mol. The van der Waals surface area contributed by atoms with Gasteiger partial charge in [-0.05, 0) is 30.2 Å². The number of nitrogens with one attached hydrogen (secondary N) is 1. The molecule has 0 unspecified atom stereocenters. The molecular formula is C18H17ClN2OS. The van der Waals surface area contributed by atoms with Crippen molar-refractivity contribution < 1.29 is 4.79 Å². The third kappa shape index (κ3) is 2.91. The minimum absolute atomic E-state index is 0.122. The molecule has 0 bridgehead atoms. The zero-order chi connectivity index (χ0) is 16.4. The number of Topliss-reactive ketones (excluding diaryl/α,β-unsaturated/α-hetero) is 1. The number of nitriles is 1. The van der Waals surface area contributed by atoms with Crippen molar-refractivity contribution in [2.75, 3.05) is 5.75 Å². The van der Waals surface area contributed by atoms with Gasteiger partial charge in [-0.2, -0.15) is 5.26 Å². The Morgan fingerprint density at radius 3 is 2.87 bits per heavy atom. The molecule has 1 aromatic carbocycles. The highest BCUT2D eigenvalue weighted by Gasteiger charge is 2.37. The van der Waals surface area contributed by atoms with E-state index in [-0.39, 0.29) is 11.7 Å². The Morgan fingerprint density at radius 1 is 1.39 bits per heavy atom. The van der Waals surface area contributed by atoms with Gasteiger partial charge in [0.2, 0.25) is 0 Å². The fourth-order valence-electron chi connectivity index (χ4n) is 3.20. The number of halogens is 1. The van der Waals surface area contributed by atoms with Crippen LogP contribution in [0.4, 0.5) is 0 Å². The van der Waals surface area contributed by atoms with E-state index in [4.69, 9.17) is 11.6 Å². The van der Waals surface area contributed by atoms with Crippen molar-refractivity contribution in [1.29, 1.82) is 5.26 Å². The number of dihydropyridines is 1. The SMILES string of the molecule is CCSC1=C(C#N)[C@@H](c2ccccc2Cl)C2=C(CCCC2=O)N1. The Labute approximate surface area is 145 Å². The van der Waals surface area contributed by atoms with Crippen molar-refractivity contribution >= 4 is 29.1 Å². The third-order valence-corrected chi connectivity index (χ3v) is 5.41. The Hall–Kier alpha value is -1.70. The van der Waals surface area contributed by atoms with Gasteiger partial charge < -0.3 is 5.32 Å². The van der Waals surface area contributed by atoms with Crippen LogP contribution in [-0.4, -0.2) is 11.5 Å². The van der Waals surface area contributed by atoms with Gasteiger partial charge in [-0.1, -0.05) is 36.7 Å². The predicted octanol–water partition coefficient (Wildman–Crippen LogP) is 4.52. The zero-order valence-electron chi connectivity index (χ0n) is 12.9. The number of carbonyl (C=O) groups is 1. The second-order valence-electron chi connectivity index (χ2n) is 5.54. The largest absolute Gasteiger partial charge is 0.352 e. The molecule has 3 nitrogen and oxygen atoms in total. The number of benzene rings is 1. The standard InChI is InChI=1S/C18H17ClN2OS/c1-2-23-18-12(10-20)16(11-6-3-4-7-13(11)19)17-14(21-18)8-5-9-15(17)22/h3-4,6-7,16,21H,2,5,8-9H2,1H3/t16-/m1/s1. The second kappa shape index (κ2) is 6.82. The van der Waals surface area contributed by atoms with Crippen LogP contribution in [0.3, 0.4) is 0 Å². The van der Waals surface area contributed by atoms with Crippen LogP contribution in [0.5, 0.6) is 0 Å². The number of hydrogen-bond acceptors (Lipinski definition) is 4. The van der Waals surface area contributed by atoms with Crippen molar-refractivity contribution in [3.8, 4) is 6.07 Å². The Morgan fingerprint density at radius 2 is 2.17 bits per heavy atom. The first-order chi connectivity index (χ1) is 11.2. The van der Waals surface area contributed by atoms with Crippen LogP contribution >= 0.6 is 23.4 Å². The highest BCUT2D eigenvalue weighted by molar-refractivity contribution is 8.03. The zero-order valence-corrected chi connectivity index (χ0v) is 14.4. The van der Waals surface area contributed by atoms with Crippen LogP contribution in [0.1, 0.15) is 37.7 Å². The maximum atomic E-state index is 12.6. The van der Waals surface area contributed by atoms with E-state index in [2.05, 4.69) is 18.3 Å². The van der Waals surface area contributed by atoms with E-state index in [1.54, 1.807) is 11.8 Å². The molecule has 23 heavy (non-hydrogen) atoms. The molecule has 0 amide bonds. The average Bonchev–Trinajstić information content (AvgIpc) is 2.55. The summed E-state index contributed by atoms with van der Waals surface area (Å²) >= 11 is 7.99. The molecule has 0 spiro atoms. The number of ketones is 1. The highest BCUT2D eigenvalue weighted by atomic mass is 35.5. The van der Waals surface area contributed by atoms with E-state index in [1.807, 2.05) is 24.3 Å². The van der Waals surface area contributed by atoms with E-state index in [0.717, 1.165) is 40.5 Å². The van der Waals surface area contributed by atoms with Gasteiger partial charge in [0.1, 0.15) is 0 Å². The molecule has 1 aliphatic carbocycles. The first-order valence-corrected chi connectivity index (χ1v) is 9.08. The van der Waals surface area contributed by atoms with E-state index in [0.29, 0.717) is 17.0 Å². The first-order valence-electron chi connectivity index (χ1n) is 7.72. The number of thioether (sulfide) groups is 1. The van der Waals surface area contributed by atoms with Gasteiger partial charge in [-0.25, -0.2) is 0 Å². The Balaban J connectivity index is 2.21. The van der Waals surface area contributed by atoms with Crippen molar-refractivity contribution in [2.45, 2.75) is 32.1 Å². The fraction of sp³-hybridized carbons (Fsp3) is 0.333. The van der Waals surface area contributed by atoms with Crippen molar-refractivity contribution in [3.05, 3.63) is 56.7 Å². The lowest BCUT2D eigenvalue weighted by Gasteiger charge is -2.33. The lowest BCUT2D eigenvalue weighted by Crippen LogP contribution is -2.31. The summed E-state index contributed by atoms with van der Waals surface area (Å²) in [6.45, 7) is 2.05. The summed E-state index contributed by atoms with van der Waals surface area (Å²) in [6, 6.07) is 9.81. The highest BCUT2D eigenvalue weighted by Crippen LogP contribution is 2.45. The summed E-state index contributed by atoms with van der Waals surface area (Å²) in [5, 5.41) is 14.5. The van der Waals surface area contributed by atoms with Gasteiger partial charge in [0.15, 0.2) is 5.78 Å². The predicted molar refractivity (Wildman–Crippen MR) is 94.0 cm³/mol. The van der Waals surface area contributed by atoms with E-state index in [9.17, 15) is 10.1 Å². The molecule has 2 aliphatic rings. The normalized spacial score (nSPS) is 20.9. The molecule has 0 saturated carbocycles. The summed E-state index contributed by atoms with van der Waals surface area (Å²) in [5.41, 5.74) is 3.12.